The highest BCUT2D eigenvalue weighted by Gasteiger charge is 2.35. The van der Waals surface area contributed by atoms with Crippen molar-refractivity contribution < 1.29 is 23.8 Å². The highest BCUT2D eigenvalue weighted by atomic mass is 16.5. The molecule has 9 heteroatoms. The van der Waals surface area contributed by atoms with Crippen molar-refractivity contribution in [1.82, 2.24) is 20.4 Å². The molecule has 0 spiro atoms. The molecular weight excluding hydrogens is 448 g/mol. The van der Waals surface area contributed by atoms with Gasteiger partial charge in [-0.05, 0) is 51.1 Å². The molecule has 1 aliphatic rings. The molecule has 0 bridgehead atoms. The lowest BCUT2D eigenvalue weighted by Crippen LogP contribution is -2.45. The second-order valence-electron chi connectivity index (χ2n) is 8.31. The molecule has 0 fully saturated rings. The van der Waals surface area contributed by atoms with Crippen molar-refractivity contribution in [3.8, 4) is 28.4 Å². The van der Waals surface area contributed by atoms with Crippen molar-refractivity contribution in [2.75, 3.05) is 14.2 Å². The fourth-order valence-electron chi connectivity index (χ4n) is 3.99. The van der Waals surface area contributed by atoms with Crippen LogP contribution in [0.3, 0.4) is 0 Å². The molecule has 0 saturated carbocycles. The van der Waals surface area contributed by atoms with Gasteiger partial charge in [-0.1, -0.05) is 18.2 Å². The van der Waals surface area contributed by atoms with Crippen LogP contribution in [0.1, 0.15) is 32.4 Å². The maximum Gasteiger partial charge on any atom is 0.338 e. The average molecular weight is 477 g/mol. The van der Waals surface area contributed by atoms with E-state index in [1.54, 1.807) is 45.7 Å². The SMILES string of the molecule is COc1ccc(-c2nn(-c3ccccc3)cc2[C@@H]2NC(=O)NC(C)=C2C(=O)OC(C)C)cc1OC. The Hall–Kier alpha value is -4.27. The molecule has 3 aromatic rings. The van der Waals surface area contributed by atoms with Crippen LogP contribution in [0.25, 0.3) is 16.9 Å². The molecule has 2 aromatic carbocycles. The second-order valence-corrected chi connectivity index (χ2v) is 8.31. The summed E-state index contributed by atoms with van der Waals surface area (Å²) in [4.78, 5) is 25.6. The first-order valence-corrected chi connectivity index (χ1v) is 11.2. The molecule has 1 aliphatic heterocycles. The number of hydrogen-bond acceptors (Lipinski definition) is 6. The molecule has 0 radical (unpaired) electrons. The molecule has 182 valence electrons. The zero-order chi connectivity index (χ0) is 25.1. The Morgan fingerprint density at radius 1 is 1.06 bits per heavy atom. The lowest BCUT2D eigenvalue weighted by atomic mass is 9.93. The van der Waals surface area contributed by atoms with Crippen LogP contribution in [-0.2, 0) is 9.53 Å². The number of rotatable bonds is 7. The minimum Gasteiger partial charge on any atom is -0.493 e. The van der Waals surface area contributed by atoms with Gasteiger partial charge in [-0.25, -0.2) is 14.3 Å². The number of nitrogens with zero attached hydrogens (tertiary/aromatic N) is 2. The van der Waals surface area contributed by atoms with E-state index in [9.17, 15) is 9.59 Å². The fraction of sp³-hybridized carbons (Fsp3) is 0.269. The molecule has 2 N–H and O–H groups in total. The largest absolute Gasteiger partial charge is 0.493 e. The van der Waals surface area contributed by atoms with Gasteiger partial charge in [-0.2, -0.15) is 5.10 Å². The highest BCUT2D eigenvalue weighted by molar-refractivity contribution is 5.95. The number of carbonyl (C=O) groups is 2. The van der Waals surface area contributed by atoms with Crippen molar-refractivity contribution in [1.29, 1.82) is 0 Å². The third-order valence-electron chi connectivity index (χ3n) is 5.56. The topological polar surface area (TPSA) is 104 Å². The van der Waals surface area contributed by atoms with Gasteiger partial charge in [0.05, 0.1) is 43.3 Å². The van der Waals surface area contributed by atoms with E-state index in [1.165, 1.54) is 0 Å². The van der Waals surface area contributed by atoms with E-state index in [0.29, 0.717) is 34.0 Å². The highest BCUT2D eigenvalue weighted by Crippen LogP contribution is 2.38. The Balaban J connectivity index is 1.91. The van der Waals surface area contributed by atoms with Gasteiger partial charge in [0.15, 0.2) is 11.5 Å². The molecule has 0 saturated heterocycles. The smallest absolute Gasteiger partial charge is 0.338 e. The van der Waals surface area contributed by atoms with E-state index in [2.05, 4.69) is 10.6 Å². The zero-order valence-electron chi connectivity index (χ0n) is 20.3. The third-order valence-corrected chi connectivity index (χ3v) is 5.56. The number of esters is 1. The van der Waals surface area contributed by atoms with E-state index >= 15 is 0 Å². The number of allylic oxidation sites excluding steroid dienone is 1. The first-order valence-electron chi connectivity index (χ1n) is 11.2. The Bertz CT molecular complexity index is 1280. The number of urea groups is 1. The number of aromatic nitrogens is 2. The number of carbonyl (C=O) groups excluding carboxylic acids is 2. The van der Waals surface area contributed by atoms with Crippen LogP contribution in [0.2, 0.25) is 0 Å². The number of methoxy groups -OCH3 is 2. The standard InChI is InChI=1S/C26H28N4O5/c1-15(2)35-25(31)22-16(3)27-26(32)28-24(22)19-14-30(18-9-7-6-8-10-18)29-23(19)17-11-12-20(33-4)21(13-17)34-5/h6-15,24H,1-5H3,(H2,27,28,32)/t24-/m0/s1. The van der Waals surface area contributed by atoms with E-state index in [0.717, 1.165) is 11.3 Å². The summed E-state index contributed by atoms with van der Waals surface area (Å²) in [5.74, 6) is 0.596. The van der Waals surface area contributed by atoms with Crippen molar-refractivity contribution in [2.24, 2.45) is 0 Å². The number of benzene rings is 2. The van der Waals surface area contributed by atoms with Crippen LogP contribution in [0.4, 0.5) is 4.79 Å². The summed E-state index contributed by atoms with van der Waals surface area (Å²) in [6, 6.07) is 13.8. The van der Waals surface area contributed by atoms with Crippen LogP contribution in [0, 0.1) is 0 Å². The van der Waals surface area contributed by atoms with Crippen molar-refractivity contribution >= 4 is 12.0 Å². The summed E-state index contributed by atoms with van der Waals surface area (Å²) in [6.07, 6.45) is 1.49. The van der Waals surface area contributed by atoms with E-state index < -0.39 is 18.0 Å². The minimum atomic E-state index is -0.782. The summed E-state index contributed by atoms with van der Waals surface area (Å²) < 4.78 is 18.1. The van der Waals surface area contributed by atoms with E-state index in [-0.39, 0.29) is 6.10 Å². The molecule has 35 heavy (non-hydrogen) atoms. The monoisotopic (exact) mass is 476 g/mol. The van der Waals surface area contributed by atoms with Crippen molar-refractivity contribution in [3.63, 3.8) is 0 Å². The molecule has 2 amide bonds. The molecule has 0 unspecified atom stereocenters. The number of amides is 2. The lowest BCUT2D eigenvalue weighted by Gasteiger charge is -2.28. The van der Waals surface area contributed by atoms with E-state index in [1.807, 2.05) is 48.7 Å². The Labute approximate surface area is 203 Å². The summed E-state index contributed by atoms with van der Waals surface area (Å²) in [5, 5.41) is 10.4. The van der Waals surface area contributed by atoms with Crippen LogP contribution >= 0.6 is 0 Å². The first-order chi connectivity index (χ1) is 16.8. The van der Waals surface area contributed by atoms with Crippen LogP contribution in [0.5, 0.6) is 11.5 Å². The van der Waals surface area contributed by atoms with Gasteiger partial charge < -0.3 is 24.8 Å². The molecule has 9 nitrogen and oxygen atoms in total. The average Bonchev–Trinajstić information content (AvgIpc) is 3.28. The van der Waals surface area contributed by atoms with Crippen molar-refractivity contribution in [3.05, 3.63) is 71.6 Å². The quantitative estimate of drug-likeness (QED) is 0.497. The minimum absolute atomic E-state index is 0.313. The van der Waals surface area contributed by atoms with Gasteiger partial charge in [0.25, 0.3) is 0 Å². The molecule has 4 rings (SSSR count). The van der Waals surface area contributed by atoms with Crippen LogP contribution < -0.4 is 20.1 Å². The Morgan fingerprint density at radius 2 is 1.77 bits per heavy atom. The van der Waals surface area contributed by atoms with Gasteiger partial charge in [0, 0.05) is 23.0 Å². The second kappa shape index (κ2) is 9.92. The summed E-state index contributed by atoms with van der Waals surface area (Å²) in [6.45, 7) is 5.24. The lowest BCUT2D eigenvalue weighted by molar-refractivity contribution is -0.143. The maximum absolute atomic E-state index is 13.1. The molecule has 0 aliphatic carbocycles. The number of para-hydroxylation sites is 1. The number of hydrogen-bond donors (Lipinski definition) is 2. The summed E-state index contributed by atoms with van der Waals surface area (Å²) in [5.41, 5.74) is 3.50. The first kappa shape index (κ1) is 23.9. The van der Waals surface area contributed by atoms with Crippen LogP contribution in [0.15, 0.2) is 66.0 Å². The van der Waals surface area contributed by atoms with Gasteiger partial charge in [-0.3, -0.25) is 0 Å². The van der Waals surface area contributed by atoms with Gasteiger partial charge in [-0.15, -0.1) is 0 Å². The predicted molar refractivity (Wildman–Crippen MR) is 130 cm³/mol. The van der Waals surface area contributed by atoms with Gasteiger partial charge >= 0.3 is 12.0 Å². The van der Waals surface area contributed by atoms with Crippen molar-refractivity contribution in [2.45, 2.75) is 32.9 Å². The summed E-state index contributed by atoms with van der Waals surface area (Å²) >= 11 is 0. The van der Waals surface area contributed by atoms with Crippen LogP contribution in [-0.4, -0.2) is 42.1 Å². The molecular formula is C26H28N4O5. The fourth-order valence-corrected chi connectivity index (χ4v) is 3.99. The maximum atomic E-state index is 13.1. The zero-order valence-corrected chi connectivity index (χ0v) is 20.3. The number of nitrogens with one attached hydrogen (secondary N) is 2. The van der Waals surface area contributed by atoms with Gasteiger partial charge in [0.2, 0.25) is 0 Å². The normalized spacial score (nSPS) is 15.5. The third kappa shape index (κ3) is 4.84. The predicted octanol–water partition coefficient (Wildman–Crippen LogP) is 4.14. The molecule has 1 aromatic heterocycles. The van der Waals surface area contributed by atoms with Gasteiger partial charge in [0.1, 0.15) is 0 Å². The molecule has 2 heterocycles. The Morgan fingerprint density at radius 3 is 2.43 bits per heavy atom. The number of ether oxygens (including phenoxy) is 3. The molecule has 1 atom stereocenters. The summed E-state index contributed by atoms with van der Waals surface area (Å²) in [7, 11) is 3.13. The Kier molecular flexibility index (Phi) is 6.77. The van der Waals surface area contributed by atoms with E-state index in [4.69, 9.17) is 19.3 Å².